The van der Waals surface area contributed by atoms with Crippen LogP contribution in [0.1, 0.15) is 16.7 Å². The van der Waals surface area contributed by atoms with Gasteiger partial charge < -0.3 is 15.6 Å². The summed E-state index contributed by atoms with van der Waals surface area (Å²) in [6, 6.07) is 11.2. The Morgan fingerprint density at radius 2 is 1.97 bits per heavy atom. The summed E-state index contributed by atoms with van der Waals surface area (Å²) in [7, 11) is -1.48. The van der Waals surface area contributed by atoms with Crippen LogP contribution >= 0.6 is 11.6 Å². The monoisotopic (exact) mass is 432 g/mol. The van der Waals surface area contributed by atoms with E-state index in [1.807, 2.05) is 36.5 Å². The van der Waals surface area contributed by atoms with Crippen molar-refractivity contribution in [3.05, 3.63) is 64.3 Å². The van der Waals surface area contributed by atoms with E-state index in [9.17, 15) is 8.42 Å². The Labute approximate surface area is 176 Å². The number of guanidine groups is 1. The third-order valence-electron chi connectivity index (χ3n) is 4.74. The summed E-state index contributed by atoms with van der Waals surface area (Å²) in [6.07, 6.45) is 4.05. The van der Waals surface area contributed by atoms with Gasteiger partial charge in [0.05, 0.1) is 4.90 Å². The van der Waals surface area contributed by atoms with Crippen LogP contribution in [0.3, 0.4) is 0 Å². The van der Waals surface area contributed by atoms with Gasteiger partial charge in [0.1, 0.15) is 0 Å². The van der Waals surface area contributed by atoms with Crippen molar-refractivity contribution in [3.8, 4) is 0 Å². The third-order valence-corrected chi connectivity index (χ3v) is 6.23. The van der Waals surface area contributed by atoms with Crippen molar-refractivity contribution < 1.29 is 8.42 Å². The van der Waals surface area contributed by atoms with Gasteiger partial charge in [-0.3, -0.25) is 4.99 Å². The van der Waals surface area contributed by atoms with E-state index in [2.05, 4.69) is 20.6 Å². The van der Waals surface area contributed by atoms with Crippen LogP contribution < -0.4 is 10.6 Å². The molecule has 0 aliphatic carbocycles. The van der Waals surface area contributed by atoms with Gasteiger partial charge in [-0.2, -0.15) is 0 Å². The summed E-state index contributed by atoms with van der Waals surface area (Å²) >= 11 is 6.11. The number of aryl methyl sites for hydroxylation is 1. The molecule has 0 bridgehead atoms. The van der Waals surface area contributed by atoms with Gasteiger partial charge in [-0.05, 0) is 54.3 Å². The fourth-order valence-corrected chi connectivity index (χ4v) is 4.45. The van der Waals surface area contributed by atoms with Crippen LogP contribution in [0.25, 0.3) is 10.9 Å². The van der Waals surface area contributed by atoms with Crippen LogP contribution in [0.2, 0.25) is 5.02 Å². The number of hydrogen-bond acceptors (Lipinski definition) is 3. The summed E-state index contributed by atoms with van der Waals surface area (Å²) in [4.78, 5) is 7.87. The van der Waals surface area contributed by atoms with Gasteiger partial charge in [-0.15, -0.1) is 0 Å². The van der Waals surface area contributed by atoms with E-state index < -0.39 is 9.84 Å². The predicted molar refractivity (Wildman–Crippen MR) is 120 cm³/mol. The van der Waals surface area contributed by atoms with Crippen LogP contribution in [0.4, 0.5) is 0 Å². The number of aromatic amines is 1. The van der Waals surface area contributed by atoms with Crippen LogP contribution in [-0.4, -0.2) is 39.2 Å². The molecule has 0 saturated carbocycles. The molecule has 0 saturated heterocycles. The second-order valence-corrected chi connectivity index (χ2v) is 9.40. The Morgan fingerprint density at radius 3 is 2.66 bits per heavy atom. The van der Waals surface area contributed by atoms with Gasteiger partial charge in [0, 0.05) is 48.5 Å². The van der Waals surface area contributed by atoms with E-state index in [0.29, 0.717) is 23.9 Å². The highest BCUT2D eigenvalue weighted by atomic mass is 35.5. The highest BCUT2D eigenvalue weighted by Crippen LogP contribution is 2.22. The lowest BCUT2D eigenvalue weighted by Crippen LogP contribution is -2.37. The zero-order valence-electron chi connectivity index (χ0n) is 16.7. The number of hydrogen-bond donors (Lipinski definition) is 3. The average molecular weight is 433 g/mol. The topological polar surface area (TPSA) is 86.3 Å². The molecule has 0 aliphatic rings. The molecule has 1 heterocycles. The van der Waals surface area contributed by atoms with E-state index >= 15 is 0 Å². The van der Waals surface area contributed by atoms with Crippen molar-refractivity contribution in [2.45, 2.75) is 24.8 Å². The number of fused-ring (bicyclic) bond motifs is 1. The molecule has 8 heteroatoms. The number of nitrogens with zero attached hydrogens (tertiary/aromatic N) is 1. The zero-order chi connectivity index (χ0) is 21.0. The summed E-state index contributed by atoms with van der Waals surface area (Å²) in [5, 5.41) is 8.41. The average Bonchev–Trinajstić information content (AvgIpc) is 3.05. The molecule has 1 aromatic heterocycles. The number of H-pyrrole nitrogens is 1. The highest BCUT2D eigenvalue weighted by Gasteiger charge is 2.11. The van der Waals surface area contributed by atoms with Crippen molar-refractivity contribution in [2.75, 3.05) is 19.8 Å². The first-order valence-electron chi connectivity index (χ1n) is 9.27. The summed E-state index contributed by atoms with van der Waals surface area (Å²) in [5.41, 5.74) is 3.99. The molecule has 0 spiro atoms. The molecular weight excluding hydrogens is 408 g/mol. The standard InChI is InChI=1S/C21H25ClN4O2S/c1-14-10-15(4-7-20(14)29(3,27)28)12-26-21(23-2)24-9-8-16-13-25-19-6-5-17(22)11-18(16)19/h4-7,10-11,13,25H,8-9,12H2,1-3H3,(H2,23,24,26). The number of benzene rings is 2. The highest BCUT2D eigenvalue weighted by molar-refractivity contribution is 7.90. The number of halogens is 1. The van der Waals surface area contributed by atoms with E-state index in [0.717, 1.165) is 33.5 Å². The van der Waals surface area contributed by atoms with Gasteiger partial charge in [0.2, 0.25) is 0 Å². The Hall–Kier alpha value is -2.51. The fraction of sp³-hybridized carbons (Fsp3) is 0.286. The van der Waals surface area contributed by atoms with Crippen LogP contribution in [0.5, 0.6) is 0 Å². The number of aromatic nitrogens is 1. The molecule has 6 nitrogen and oxygen atoms in total. The molecular formula is C21H25ClN4O2S. The molecule has 154 valence electrons. The Bertz CT molecular complexity index is 1150. The van der Waals surface area contributed by atoms with Crippen LogP contribution in [-0.2, 0) is 22.8 Å². The van der Waals surface area contributed by atoms with E-state index in [1.165, 1.54) is 11.8 Å². The normalized spacial score (nSPS) is 12.3. The molecule has 3 rings (SSSR count). The molecule has 3 aromatic rings. The van der Waals surface area contributed by atoms with Gasteiger partial charge in [-0.25, -0.2) is 8.42 Å². The number of sulfone groups is 1. The maximum Gasteiger partial charge on any atom is 0.191 e. The second kappa shape index (κ2) is 8.88. The van der Waals surface area contributed by atoms with Crippen molar-refractivity contribution >= 4 is 38.3 Å². The van der Waals surface area contributed by atoms with E-state index in [1.54, 1.807) is 20.0 Å². The minimum atomic E-state index is -3.21. The van der Waals surface area contributed by atoms with Gasteiger partial charge >= 0.3 is 0 Å². The van der Waals surface area contributed by atoms with Crippen molar-refractivity contribution in [1.82, 2.24) is 15.6 Å². The molecule has 29 heavy (non-hydrogen) atoms. The number of aliphatic imine (C=N–C) groups is 1. The summed E-state index contributed by atoms with van der Waals surface area (Å²) in [6.45, 7) is 3.07. The summed E-state index contributed by atoms with van der Waals surface area (Å²) in [5.74, 6) is 0.688. The molecule has 0 fully saturated rings. The minimum absolute atomic E-state index is 0.364. The quantitative estimate of drug-likeness (QED) is 0.411. The molecule has 3 N–H and O–H groups in total. The number of nitrogens with one attached hydrogen (secondary N) is 3. The van der Waals surface area contributed by atoms with Crippen molar-refractivity contribution in [3.63, 3.8) is 0 Å². The van der Waals surface area contributed by atoms with Crippen LogP contribution in [0, 0.1) is 6.92 Å². The zero-order valence-corrected chi connectivity index (χ0v) is 18.3. The SMILES string of the molecule is CN=C(NCCc1c[nH]c2ccc(Cl)cc12)NCc1ccc(S(C)(=O)=O)c(C)c1. The van der Waals surface area contributed by atoms with E-state index in [-0.39, 0.29) is 0 Å². The van der Waals surface area contributed by atoms with Crippen molar-refractivity contribution in [2.24, 2.45) is 4.99 Å². The fourth-order valence-electron chi connectivity index (χ4n) is 3.32. The number of rotatable bonds is 6. The predicted octanol–water partition coefficient (Wildman–Crippen LogP) is 3.44. The maximum absolute atomic E-state index is 11.7. The second-order valence-electron chi connectivity index (χ2n) is 6.98. The third kappa shape index (κ3) is 5.31. The molecule has 0 atom stereocenters. The van der Waals surface area contributed by atoms with E-state index in [4.69, 9.17) is 11.6 Å². The van der Waals surface area contributed by atoms with Crippen molar-refractivity contribution in [1.29, 1.82) is 0 Å². The lowest BCUT2D eigenvalue weighted by atomic mass is 10.1. The minimum Gasteiger partial charge on any atom is -0.361 e. The van der Waals surface area contributed by atoms with Gasteiger partial charge in [0.15, 0.2) is 15.8 Å². The van der Waals surface area contributed by atoms with Crippen LogP contribution in [0.15, 0.2) is 52.5 Å². The molecule has 0 radical (unpaired) electrons. The maximum atomic E-state index is 11.7. The lowest BCUT2D eigenvalue weighted by molar-refractivity contribution is 0.601. The Morgan fingerprint density at radius 1 is 1.17 bits per heavy atom. The van der Waals surface area contributed by atoms with Gasteiger partial charge in [-0.1, -0.05) is 23.7 Å². The first-order chi connectivity index (χ1) is 13.8. The lowest BCUT2D eigenvalue weighted by Gasteiger charge is -2.13. The molecule has 0 aliphatic heterocycles. The summed E-state index contributed by atoms with van der Waals surface area (Å²) < 4.78 is 23.5. The smallest absolute Gasteiger partial charge is 0.191 e. The largest absolute Gasteiger partial charge is 0.361 e. The first kappa shape index (κ1) is 21.2. The molecule has 2 aromatic carbocycles. The molecule has 0 unspecified atom stereocenters. The molecule has 0 amide bonds. The Kier molecular flexibility index (Phi) is 6.49. The van der Waals surface area contributed by atoms with Gasteiger partial charge in [0.25, 0.3) is 0 Å². The Balaban J connectivity index is 1.56. The first-order valence-corrected chi connectivity index (χ1v) is 11.5.